The Hall–Kier alpha value is -3.09. The van der Waals surface area contributed by atoms with Crippen molar-refractivity contribution in [3.8, 4) is 0 Å². The average molecular weight is 367 g/mol. The molecule has 4 rings (SSSR count). The number of urea groups is 1. The van der Waals surface area contributed by atoms with Crippen LogP contribution in [-0.4, -0.2) is 35.3 Å². The van der Waals surface area contributed by atoms with E-state index < -0.39 is 17.5 Å². The maximum Gasteiger partial charge on any atom is 0.325 e. The van der Waals surface area contributed by atoms with E-state index in [2.05, 4.69) is 5.32 Å². The van der Waals surface area contributed by atoms with E-state index in [9.17, 15) is 14.4 Å². The number of anilines is 1. The second-order valence-electron chi connectivity index (χ2n) is 7.20. The van der Waals surface area contributed by atoms with Crippen molar-refractivity contribution < 1.29 is 18.8 Å². The summed E-state index contributed by atoms with van der Waals surface area (Å²) in [6.07, 6.45) is 3.19. The molecule has 1 saturated heterocycles. The van der Waals surface area contributed by atoms with Gasteiger partial charge in [0.05, 0.1) is 6.26 Å². The fraction of sp³-hybridized carbons (Fsp3) is 0.350. The fourth-order valence-corrected chi connectivity index (χ4v) is 3.85. The van der Waals surface area contributed by atoms with Crippen molar-refractivity contribution in [3.05, 3.63) is 54.0 Å². The number of carbonyl (C=O) groups excluding carboxylic acids is 3. The molecular weight excluding hydrogens is 346 g/mol. The Bertz CT molecular complexity index is 908. The number of para-hydroxylation sites is 1. The molecule has 4 amide bonds. The number of rotatable bonds is 3. The van der Waals surface area contributed by atoms with Gasteiger partial charge in [-0.2, -0.15) is 0 Å². The Labute approximate surface area is 156 Å². The van der Waals surface area contributed by atoms with Crippen LogP contribution in [0.4, 0.5) is 10.5 Å². The molecule has 0 bridgehead atoms. The molecule has 3 heterocycles. The molecule has 0 aliphatic carbocycles. The van der Waals surface area contributed by atoms with Crippen LogP contribution < -0.4 is 10.2 Å². The molecule has 1 fully saturated rings. The maximum atomic E-state index is 13.0. The molecule has 2 aliphatic rings. The fourth-order valence-electron chi connectivity index (χ4n) is 3.85. The lowest BCUT2D eigenvalue weighted by Gasteiger charge is -2.36. The van der Waals surface area contributed by atoms with Crippen LogP contribution in [-0.2, 0) is 21.5 Å². The molecule has 27 heavy (non-hydrogen) atoms. The summed E-state index contributed by atoms with van der Waals surface area (Å²) in [5.41, 5.74) is 0.649. The largest absolute Gasteiger partial charge is 0.466 e. The molecule has 2 aliphatic heterocycles. The number of amides is 4. The van der Waals surface area contributed by atoms with Gasteiger partial charge >= 0.3 is 6.03 Å². The van der Waals surface area contributed by atoms with Crippen molar-refractivity contribution in [2.75, 3.05) is 11.4 Å². The molecular formula is C20H21N3O4. The van der Waals surface area contributed by atoms with Crippen molar-refractivity contribution >= 4 is 23.5 Å². The third-order valence-electron chi connectivity index (χ3n) is 5.37. The highest BCUT2D eigenvalue weighted by molar-refractivity contribution is 6.10. The lowest BCUT2D eigenvalue weighted by Crippen LogP contribution is -2.49. The zero-order chi connectivity index (χ0) is 19.2. The number of aryl methyl sites for hydroxylation is 1. The van der Waals surface area contributed by atoms with E-state index in [-0.39, 0.29) is 18.5 Å². The third kappa shape index (κ3) is 2.70. The molecule has 1 aromatic heterocycles. The smallest absolute Gasteiger partial charge is 0.325 e. The van der Waals surface area contributed by atoms with E-state index >= 15 is 0 Å². The van der Waals surface area contributed by atoms with Crippen LogP contribution >= 0.6 is 0 Å². The lowest BCUT2D eigenvalue weighted by molar-refractivity contribution is -0.134. The SMILES string of the molecule is CC1CCc2ccccc2N1C(=O)CN1C(=O)NC(C)(c2ccco2)C1=O. The molecule has 2 unspecified atom stereocenters. The minimum atomic E-state index is -1.30. The summed E-state index contributed by atoms with van der Waals surface area (Å²) in [4.78, 5) is 41.0. The molecule has 1 aromatic carbocycles. The molecule has 0 spiro atoms. The van der Waals surface area contributed by atoms with E-state index in [0.29, 0.717) is 5.76 Å². The van der Waals surface area contributed by atoms with Crippen molar-refractivity contribution in [2.24, 2.45) is 0 Å². The van der Waals surface area contributed by atoms with Gasteiger partial charge in [-0.3, -0.25) is 14.5 Å². The third-order valence-corrected chi connectivity index (χ3v) is 5.37. The van der Waals surface area contributed by atoms with Crippen molar-refractivity contribution in [1.29, 1.82) is 0 Å². The Kier molecular flexibility index (Phi) is 4.02. The predicted molar refractivity (Wildman–Crippen MR) is 98.0 cm³/mol. The highest BCUT2D eigenvalue weighted by Gasteiger charge is 2.51. The van der Waals surface area contributed by atoms with E-state index in [1.54, 1.807) is 24.0 Å². The molecule has 2 aromatic rings. The molecule has 0 radical (unpaired) electrons. The van der Waals surface area contributed by atoms with Crippen LogP contribution in [0.15, 0.2) is 47.1 Å². The second-order valence-corrected chi connectivity index (χ2v) is 7.20. The molecule has 1 N–H and O–H groups in total. The first-order valence-corrected chi connectivity index (χ1v) is 9.00. The quantitative estimate of drug-likeness (QED) is 0.845. The Morgan fingerprint density at radius 3 is 2.78 bits per heavy atom. The van der Waals surface area contributed by atoms with Gasteiger partial charge in [-0.05, 0) is 50.5 Å². The number of nitrogens with zero attached hydrogens (tertiary/aromatic N) is 2. The number of imide groups is 1. The molecule has 140 valence electrons. The summed E-state index contributed by atoms with van der Waals surface area (Å²) in [5.74, 6) is -0.428. The first kappa shape index (κ1) is 17.3. The van der Waals surface area contributed by atoms with Gasteiger partial charge in [0.15, 0.2) is 5.54 Å². The lowest BCUT2D eigenvalue weighted by atomic mass is 9.96. The van der Waals surface area contributed by atoms with Gasteiger partial charge in [-0.25, -0.2) is 4.79 Å². The second kappa shape index (κ2) is 6.26. The maximum absolute atomic E-state index is 13.0. The van der Waals surface area contributed by atoms with Crippen LogP contribution in [0.1, 0.15) is 31.6 Å². The Balaban J connectivity index is 1.59. The van der Waals surface area contributed by atoms with E-state index in [0.717, 1.165) is 29.0 Å². The minimum Gasteiger partial charge on any atom is -0.466 e. The van der Waals surface area contributed by atoms with Crippen molar-refractivity contribution in [3.63, 3.8) is 0 Å². The van der Waals surface area contributed by atoms with Crippen LogP contribution in [0.5, 0.6) is 0 Å². The molecule has 7 heteroatoms. The number of hydrogen-bond acceptors (Lipinski definition) is 4. The highest BCUT2D eigenvalue weighted by Crippen LogP contribution is 2.32. The summed E-state index contributed by atoms with van der Waals surface area (Å²) in [6, 6.07) is 10.4. The van der Waals surface area contributed by atoms with E-state index in [1.807, 2.05) is 31.2 Å². The van der Waals surface area contributed by atoms with Crippen LogP contribution in [0, 0.1) is 0 Å². The number of carbonyl (C=O) groups is 3. The summed E-state index contributed by atoms with van der Waals surface area (Å²) in [6.45, 7) is 3.25. The van der Waals surface area contributed by atoms with Gasteiger partial charge in [0.25, 0.3) is 5.91 Å². The van der Waals surface area contributed by atoms with Crippen molar-refractivity contribution in [2.45, 2.75) is 38.3 Å². The highest BCUT2D eigenvalue weighted by atomic mass is 16.3. The van der Waals surface area contributed by atoms with E-state index in [1.165, 1.54) is 6.26 Å². The van der Waals surface area contributed by atoms with E-state index in [4.69, 9.17) is 4.42 Å². The summed E-state index contributed by atoms with van der Waals surface area (Å²) >= 11 is 0. The summed E-state index contributed by atoms with van der Waals surface area (Å²) in [5, 5.41) is 2.64. The van der Waals surface area contributed by atoms with Crippen LogP contribution in [0.3, 0.4) is 0 Å². The monoisotopic (exact) mass is 367 g/mol. The van der Waals surface area contributed by atoms with Gasteiger partial charge in [0.1, 0.15) is 12.3 Å². The molecule has 2 atom stereocenters. The molecule has 7 nitrogen and oxygen atoms in total. The normalized spacial score (nSPS) is 24.7. The standard InChI is InChI=1S/C20H21N3O4/c1-13-9-10-14-6-3-4-7-15(14)23(13)17(24)12-22-18(25)20(2,21-19(22)26)16-8-5-11-27-16/h3-8,11,13H,9-10,12H2,1-2H3,(H,21,26). The Morgan fingerprint density at radius 1 is 1.26 bits per heavy atom. The van der Waals surface area contributed by atoms with Gasteiger partial charge in [0.2, 0.25) is 5.91 Å². The first-order chi connectivity index (χ1) is 12.9. The van der Waals surface area contributed by atoms with Crippen LogP contribution in [0.2, 0.25) is 0 Å². The Morgan fingerprint density at radius 2 is 2.04 bits per heavy atom. The number of furan rings is 1. The van der Waals surface area contributed by atoms with Gasteiger partial charge < -0.3 is 14.6 Å². The summed E-state index contributed by atoms with van der Waals surface area (Å²) < 4.78 is 5.31. The zero-order valence-corrected chi connectivity index (χ0v) is 15.3. The van der Waals surface area contributed by atoms with Crippen LogP contribution in [0.25, 0.3) is 0 Å². The average Bonchev–Trinajstić information content (AvgIpc) is 3.26. The number of benzene rings is 1. The summed E-state index contributed by atoms with van der Waals surface area (Å²) in [7, 11) is 0. The topological polar surface area (TPSA) is 82.9 Å². The first-order valence-electron chi connectivity index (χ1n) is 9.00. The van der Waals surface area contributed by atoms with Crippen molar-refractivity contribution in [1.82, 2.24) is 10.2 Å². The molecule has 0 saturated carbocycles. The van der Waals surface area contributed by atoms with Gasteiger partial charge in [0, 0.05) is 11.7 Å². The van der Waals surface area contributed by atoms with Gasteiger partial charge in [-0.1, -0.05) is 18.2 Å². The van der Waals surface area contributed by atoms with Gasteiger partial charge in [-0.15, -0.1) is 0 Å². The minimum absolute atomic E-state index is 0.00428. The number of hydrogen-bond donors (Lipinski definition) is 1. The predicted octanol–water partition coefficient (Wildman–Crippen LogP) is 2.41. The zero-order valence-electron chi connectivity index (χ0n) is 15.3. The number of nitrogens with one attached hydrogen (secondary N) is 1. The number of fused-ring (bicyclic) bond motifs is 1.